The second-order valence-corrected chi connectivity index (χ2v) is 4.56. The molecule has 0 aromatic heterocycles. The number of para-hydroxylation sites is 1. The molecule has 0 aliphatic heterocycles. The minimum atomic E-state index is 0.707. The Morgan fingerprint density at radius 2 is 2.00 bits per heavy atom. The lowest BCUT2D eigenvalue weighted by Crippen LogP contribution is -2.29. The molecule has 16 heavy (non-hydrogen) atoms. The van der Waals surface area contributed by atoms with E-state index in [1.807, 2.05) is 12.1 Å². The molecular formula is C14H24N2. The molecule has 1 aromatic carbocycles. The van der Waals surface area contributed by atoms with Gasteiger partial charge in [0.05, 0.1) is 11.4 Å². The molecule has 0 spiro atoms. The Labute approximate surface area is 99.5 Å². The van der Waals surface area contributed by atoms with Gasteiger partial charge in [0, 0.05) is 13.1 Å². The van der Waals surface area contributed by atoms with E-state index in [-0.39, 0.29) is 0 Å². The number of aryl methyl sites for hydroxylation is 1. The molecule has 0 saturated heterocycles. The number of nitrogen functional groups attached to an aromatic ring is 1. The Morgan fingerprint density at radius 3 is 2.50 bits per heavy atom. The highest BCUT2D eigenvalue weighted by molar-refractivity contribution is 5.71. The second kappa shape index (κ2) is 5.78. The number of nitrogens with zero attached hydrogens (tertiary/aromatic N) is 1. The van der Waals surface area contributed by atoms with Crippen LogP contribution in [0.15, 0.2) is 18.2 Å². The van der Waals surface area contributed by atoms with E-state index in [1.165, 1.54) is 17.7 Å². The Hall–Kier alpha value is -1.18. The van der Waals surface area contributed by atoms with Gasteiger partial charge in [0.1, 0.15) is 0 Å². The molecule has 0 fully saturated rings. The average Bonchev–Trinajstić information content (AvgIpc) is 2.27. The SMILES string of the molecule is CCC(C)CN(CC)c1c(C)cccc1N. The first kappa shape index (κ1) is 12.9. The summed E-state index contributed by atoms with van der Waals surface area (Å²) in [5.74, 6) is 0.707. The van der Waals surface area contributed by atoms with E-state index in [0.29, 0.717) is 5.92 Å². The van der Waals surface area contributed by atoms with E-state index in [2.05, 4.69) is 38.7 Å². The zero-order chi connectivity index (χ0) is 12.1. The first-order valence-corrected chi connectivity index (χ1v) is 6.20. The number of hydrogen-bond donors (Lipinski definition) is 1. The minimum Gasteiger partial charge on any atom is -0.397 e. The Morgan fingerprint density at radius 1 is 1.31 bits per heavy atom. The van der Waals surface area contributed by atoms with Crippen molar-refractivity contribution in [3.63, 3.8) is 0 Å². The summed E-state index contributed by atoms with van der Waals surface area (Å²) >= 11 is 0. The minimum absolute atomic E-state index is 0.707. The Balaban J connectivity index is 2.94. The van der Waals surface area contributed by atoms with Crippen LogP contribution in [0.25, 0.3) is 0 Å². The van der Waals surface area contributed by atoms with Crippen LogP contribution in [0, 0.1) is 12.8 Å². The zero-order valence-corrected chi connectivity index (χ0v) is 11.0. The van der Waals surface area contributed by atoms with Gasteiger partial charge in [-0.15, -0.1) is 0 Å². The van der Waals surface area contributed by atoms with Crippen LogP contribution >= 0.6 is 0 Å². The van der Waals surface area contributed by atoms with E-state index < -0.39 is 0 Å². The molecule has 0 aliphatic rings. The fraction of sp³-hybridized carbons (Fsp3) is 0.571. The summed E-state index contributed by atoms with van der Waals surface area (Å²) < 4.78 is 0. The summed E-state index contributed by atoms with van der Waals surface area (Å²) in [5.41, 5.74) is 9.45. The van der Waals surface area contributed by atoms with Crippen LogP contribution in [0.5, 0.6) is 0 Å². The van der Waals surface area contributed by atoms with Gasteiger partial charge in [-0.1, -0.05) is 32.4 Å². The number of benzene rings is 1. The number of anilines is 2. The predicted octanol–water partition coefficient (Wildman–Crippen LogP) is 3.45. The maximum atomic E-state index is 6.07. The van der Waals surface area contributed by atoms with Crippen molar-refractivity contribution < 1.29 is 0 Å². The molecule has 0 aliphatic carbocycles. The van der Waals surface area contributed by atoms with E-state index in [0.717, 1.165) is 18.8 Å². The first-order chi connectivity index (χ1) is 7.60. The van der Waals surface area contributed by atoms with Crippen molar-refractivity contribution in [3.8, 4) is 0 Å². The largest absolute Gasteiger partial charge is 0.397 e. The number of hydrogen-bond acceptors (Lipinski definition) is 2. The highest BCUT2D eigenvalue weighted by atomic mass is 15.1. The molecule has 1 aromatic rings. The standard InChI is InChI=1S/C14H24N2/c1-5-11(3)10-16(6-2)14-12(4)8-7-9-13(14)15/h7-9,11H,5-6,10,15H2,1-4H3. The van der Waals surface area contributed by atoms with Crippen LogP contribution < -0.4 is 10.6 Å². The van der Waals surface area contributed by atoms with Crippen molar-refractivity contribution in [3.05, 3.63) is 23.8 Å². The maximum Gasteiger partial charge on any atom is 0.0629 e. The third kappa shape index (κ3) is 2.91. The molecule has 90 valence electrons. The highest BCUT2D eigenvalue weighted by Gasteiger charge is 2.12. The Kier molecular flexibility index (Phi) is 4.66. The summed E-state index contributed by atoms with van der Waals surface area (Å²) in [6.45, 7) is 10.9. The van der Waals surface area contributed by atoms with Crippen molar-refractivity contribution >= 4 is 11.4 Å². The van der Waals surface area contributed by atoms with Gasteiger partial charge in [-0.3, -0.25) is 0 Å². The van der Waals surface area contributed by atoms with Crippen molar-refractivity contribution in [1.29, 1.82) is 0 Å². The van der Waals surface area contributed by atoms with Gasteiger partial charge in [0.15, 0.2) is 0 Å². The van der Waals surface area contributed by atoms with Crippen molar-refractivity contribution in [1.82, 2.24) is 0 Å². The lowest BCUT2D eigenvalue weighted by Gasteiger charge is -2.28. The van der Waals surface area contributed by atoms with Crippen LogP contribution in [0.2, 0.25) is 0 Å². The molecule has 1 unspecified atom stereocenters. The van der Waals surface area contributed by atoms with Crippen LogP contribution in [0.4, 0.5) is 11.4 Å². The summed E-state index contributed by atoms with van der Waals surface area (Å²) in [5, 5.41) is 0. The number of rotatable bonds is 5. The quantitative estimate of drug-likeness (QED) is 0.770. The van der Waals surface area contributed by atoms with E-state index in [4.69, 9.17) is 5.73 Å². The molecule has 0 heterocycles. The first-order valence-electron chi connectivity index (χ1n) is 6.20. The van der Waals surface area contributed by atoms with Crippen molar-refractivity contribution in [2.24, 2.45) is 5.92 Å². The van der Waals surface area contributed by atoms with Crippen molar-refractivity contribution in [2.75, 3.05) is 23.7 Å². The van der Waals surface area contributed by atoms with Gasteiger partial charge < -0.3 is 10.6 Å². The van der Waals surface area contributed by atoms with Crippen LogP contribution in [0.1, 0.15) is 32.8 Å². The molecular weight excluding hydrogens is 196 g/mol. The average molecular weight is 220 g/mol. The second-order valence-electron chi connectivity index (χ2n) is 4.56. The zero-order valence-electron chi connectivity index (χ0n) is 11.0. The van der Waals surface area contributed by atoms with Gasteiger partial charge in [0.25, 0.3) is 0 Å². The van der Waals surface area contributed by atoms with Gasteiger partial charge in [-0.05, 0) is 31.4 Å². The molecule has 0 amide bonds. The lowest BCUT2D eigenvalue weighted by molar-refractivity contribution is 0.548. The number of nitrogens with two attached hydrogens (primary N) is 1. The van der Waals surface area contributed by atoms with E-state index in [9.17, 15) is 0 Å². The molecule has 2 nitrogen and oxygen atoms in total. The fourth-order valence-corrected chi connectivity index (χ4v) is 2.00. The smallest absolute Gasteiger partial charge is 0.0629 e. The van der Waals surface area contributed by atoms with Crippen LogP contribution in [-0.2, 0) is 0 Å². The third-order valence-electron chi connectivity index (χ3n) is 3.20. The van der Waals surface area contributed by atoms with Crippen molar-refractivity contribution in [2.45, 2.75) is 34.1 Å². The lowest BCUT2D eigenvalue weighted by atomic mass is 10.1. The third-order valence-corrected chi connectivity index (χ3v) is 3.20. The van der Waals surface area contributed by atoms with Gasteiger partial charge in [0.2, 0.25) is 0 Å². The molecule has 1 rings (SSSR count). The predicted molar refractivity (Wildman–Crippen MR) is 72.9 cm³/mol. The topological polar surface area (TPSA) is 29.3 Å². The van der Waals surface area contributed by atoms with Crippen LogP contribution in [0.3, 0.4) is 0 Å². The van der Waals surface area contributed by atoms with Gasteiger partial charge >= 0.3 is 0 Å². The Bertz CT molecular complexity index is 313. The summed E-state index contributed by atoms with van der Waals surface area (Å²) in [4.78, 5) is 2.39. The maximum absolute atomic E-state index is 6.07. The van der Waals surface area contributed by atoms with Gasteiger partial charge in [-0.2, -0.15) is 0 Å². The molecule has 2 heteroatoms. The van der Waals surface area contributed by atoms with Crippen LogP contribution in [-0.4, -0.2) is 13.1 Å². The molecule has 1 atom stereocenters. The summed E-state index contributed by atoms with van der Waals surface area (Å²) in [6, 6.07) is 6.14. The van der Waals surface area contributed by atoms with E-state index in [1.54, 1.807) is 0 Å². The summed E-state index contributed by atoms with van der Waals surface area (Å²) in [7, 11) is 0. The molecule has 0 radical (unpaired) electrons. The molecule has 0 saturated carbocycles. The molecule has 2 N–H and O–H groups in total. The summed E-state index contributed by atoms with van der Waals surface area (Å²) in [6.07, 6.45) is 1.21. The van der Waals surface area contributed by atoms with Gasteiger partial charge in [-0.25, -0.2) is 0 Å². The van der Waals surface area contributed by atoms with E-state index >= 15 is 0 Å². The monoisotopic (exact) mass is 220 g/mol. The molecule has 0 bridgehead atoms. The normalized spacial score (nSPS) is 12.5. The highest BCUT2D eigenvalue weighted by Crippen LogP contribution is 2.28. The fourth-order valence-electron chi connectivity index (χ4n) is 2.00.